The van der Waals surface area contributed by atoms with Gasteiger partial charge in [0, 0.05) is 20.0 Å². The van der Waals surface area contributed by atoms with Crippen molar-refractivity contribution in [1.82, 2.24) is 0 Å². The summed E-state index contributed by atoms with van der Waals surface area (Å²) in [5.74, 6) is 2.19. The topological polar surface area (TPSA) is 0 Å². The van der Waals surface area contributed by atoms with Crippen molar-refractivity contribution in [3.05, 3.63) is 18.8 Å². The third-order valence-electron chi connectivity index (χ3n) is 0.553. The Balaban J connectivity index is 0. The number of halogens is 1. The number of rotatable bonds is 1. The fraction of sp³-hybridized carbons (Fsp3) is 0.500. The second-order valence-electron chi connectivity index (χ2n) is 2.50. The van der Waals surface area contributed by atoms with Gasteiger partial charge in [-0.25, -0.2) is 6.92 Å². The molecule has 0 nitrogen and oxygen atoms in total. The molecule has 0 fully saturated rings. The molecule has 0 aromatic heterocycles. The summed E-state index contributed by atoms with van der Waals surface area (Å²) in [7, 11) is -0.659. The molecule has 3 heteroatoms. The van der Waals surface area contributed by atoms with Gasteiger partial charge in [0.25, 0.3) is 0 Å². The van der Waals surface area contributed by atoms with Crippen LogP contribution < -0.4 is 0 Å². The molecule has 0 rings (SSSR count). The maximum absolute atomic E-state index is 3.62. The van der Waals surface area contributed by atoms with Gasteiger partial charge in [0.15, 0.2) is 0 Å². The Morgan fingerprint density at radius 2 is 1.67 bits per heavy atom. The predicted octanol–water partition coefficient (Wildman–Crippen LogP) is 3.08. The van der Waals surface area contributed by atoms with Gasteiger partial charge >= 0.3 is 30.6 Å². The first kappa shape index (κ1) is 12.8. The van der Waals surface area contributed by atoms with E-state index in [1.807, 2.05) is 6.08 Å². The summed E-state index contributed by atoms with van der Waals surface area (Å²) in [4.78, 5) is 0. The van der Waals surface area contributed by atoms with Crippen LogP contribution >= 0.6 is 20.7 Å². The van der Waals surface area contributed by atoms with E-state index in [1.54, 1.807) is 0 Å². The van der Waals surface area contributed by atoms with Crippen molar-refractivity contribution in [2.45, 2.75) is 0 Å². The SMILES string of the molecule is [Br][Pd+].[CH2-]C=C[P+](C)(C)C. The molecule has 0 radical (unpaired) electrons. The molecule has 0 saturated carbocycles. The van der Waals surface area contributed by atoms with E-state index < -0.39 is 7.26 Å². The Labute approximate surface area is 76.5 Å². The van der Waals surface area contributed by atoms with Crippen LogP contribution in [-0.4, -0.2) is 20.0 Å². The van der Waals surface area contributed by atoms with Crippen molar-refractivity contribution in [2.75, 3.05) is 20.0 Å². The number of hydrogen-bond acceptors (Lipinski definition) is 0. The molecule has 0 aliphatic rings. The predicted molar refractivity (Wildman–Crippen MR) is 48.1 cm³/mol. The van der Waals surface area contributed by atoms with E-state index in [0.29, 0.717) is 0 Å². The van der Waals surface area contributed by atoms with Crippen LogP contribution in [0.5, 0.6) is 0 Å². The van der Waals surface area contributed by atoms with E-state index in [0.717, 1.165) is 0 Å². The molecule has 0 bridgehead atoms. The molecule has 0 aromatic carbocycles. The minimum absolute atomic E-state index is 0.659. The van der Waals surface area contributed by atoms with Crippen LogP contribution in [0.2, 0.25) is 0 Å². The fourth-order valence-electron chi connectivity index (χ4n) is 0.316. The third-order valence-corrected chi connectivity index (χ3v) is 1.66. The zero-order valence-corrected chi connectivity index (χ0v) is 10.0. The van der Waals surface area contributed by atoms with E-state index in [-0.39, 0.29) is 0 Å². The van der Waals surface area contributed by atoms with Crippen LogP contribution in [0.4, 0.5) is 0 Å². The Morgan fingerprint density at radius 1 is 1.33 bits per heavy atom. The van der Waals surface area contributed by atoms with Gasteiger partial charge < -0.3 is 0 Å². The first-order valence-electron chi connectivity index (χ1n) is 2.46. The minimum Gasteiger partial charge on any atom is -0.242 e. The molecule has 58 valence electrons. The van der Waals surface area contributed by atoms with E-state index in [2.05, 4.69) is 63.3 Å². The first-order chi connectivity index (χ1) is 4.06. The van der Waals surface area contributed by atoms with Gasteiger partial charge in [0.2, 0.25) is 0 Å². The van der Waals surface area contributed by atoms with Gasteiger partial charge in [-0.05, 0) is 7.26 Å². The van der Waals surface area contributed by atoms with Gasteiger partial charge in [-0.1, -0.05) is 5.82 Å². The second kappa shape index (κ2) is 7.29. The van der Waals surface area contributed by atoms with E-state index >= 15 is 0 Å². The molecule has 0 spiro atoms. The van der Waals surface area contributed by atoms with Gasteiger partial charge in [0.1, 0.15) is 0 Å². The summed E-state index contributed by atoms with van der Waals surface area (Å²) in [6, 6.07) is 0. The van der Waals surface area contributed by atoms with Crippen molar-refractivity contribution < 1.29 is 17.2 Å². The van der Waals surface area contributed by atoms with Gasteiger partial charge in [-0.2, -0.15) is 6.08 Å². The largest absolute Gasteiger partial charge is 0.242 e. The average Bonchev–Trinajstić information content (AvgIpc) is 1.69. The van der Waals surface area contributed by atoms with E-state index in [4.69, 9.17) is 0 Å². The van der Waals surface area contributed by atoms with Crippen LogP contribution in [0.3, 0.4) is 0 Å². The molecular weight excluding hydrogens is 289 g/mol. The first-order valence-corrected chi connectivity index (χ1v) is 9.22. The zero-order chi connectivity index (χ0) is 7.91. The maximum atomic E-state index is 3.62. The summed E-state index contributed by atoms with van der Waals surface area (Å²) in [6.07, 6.45) is 1.88. The average molecular weight is 302 g/mol. The minimum atomic E-state index is -0.659. The monoisotopic (exact) mass is 301 g/mol. The van der Waals surface area contributed by atoms with E-state index in [9.17, 15) is 0 Å². The normalized spacial score (nSPS) is 10.9. The van der Waals surface area contributed by atoms with Crippen molar-refractivity contribution >= 4 is 20.7 Å². The van der Waals surface area contributed by atoms with E-state index in [1.165, 1.54) is 0 Å². The Morgan fingerprint density at radius 3 is 1.67 bits per heavy atom. The zero-order valence-electron chi connectivity index (χ0n) is 6.00. The van der Waals surface area contributed by atoms with Gasteiger partial charge in [-0.3, -0.25) is 0 Å². The van der Waals surface area contributed by atoms with Crippen molar-refractivity contribution in [2.24, 2.45) is 0 Å². The molecule has 9 heavy (non-hydrogen) atoms. The van der Waals surface area contributed by atoms with Crippen LogP contribution in [0.1, 0.15) is 0 Å². The third kappa shape index (κ3) is 17.6. The Bertz CT molecular complexity index is 75.6. The molecule has 0 heterocycles. The van der Waals surface area contributed by atoms with Crippen molar-refractivity contribution in [1.29, 1.82) is 0 Å². The Kier molecular flexibility index (Phi) is 10.4. The Hall–Kier alpha value is 1.18. The maximum Gasteiger partial charge on any atom is 0.0378 e. The molecule has 0 aromatic rings. The van der Waals surface area contributed by atoms with Crippen molar-refractivity contribution in [3.63, 3.8) is 0 Å². The van der Waals surface area contributed by atoms with Gasteiger partial charge in [-0.15, -0.1) is 0 Å². The fourth-order valence-corrected chi connectivity index (χ4v) is 0.949. The van der Waals surface area contributed by atoms with Crippen molar-refractivity contribution in [3.8, 4) is 0 Å². The quantitative estimate of drug-likeness (QED) is 0.397. The molecule has 0 saturated heterocycles. The summed E-state index contributed by atoms with van der Waals surface area (Å²) in [5, 5.41) is 0. The number of allylic oxidation sites excluding steroid dienone is 1. The van der Waals surface area contributed by atoms with Crippen LogP contribution in [-0.2, 0) is 17.2 Å². The van der Waals surface area contributed by atoms with Gasteiger partial charge in [0.05, 0.1) is 0 Å². The standard InChI is InChI=1S/C6H13P.BrH.Pd/c1-5-6-7(2,3)4;;/h5-6H,1H2,2-4H3;1H;/q;;+2/p-1. The summed E-state index contributed by atoms with van der Waals surface area (Å²) in [6.45, 7) is 10.4. The molecule has 0 aliphatic heterocycles. The van der Waals surface area contributed by atoms with Crippen LogP contribution in [0, 0.1) is 6.92 Å². The summed E-state index contributed by atoms with van der Waals surface area (Å²) < 4.78 is 0. The molecule has 0 atom stereocenters. The molecular formula is C6H13BrPPd+. The summed E-state index contributed by atoms with van der Waals surface area (Å²) >= 11 is 5.35. The number of hydrogen-bond donors (Lipinski definition) is 0. The molecule has 0 N–H and O–H groups in total. The molecule has 0 amide bonds. The molecule has 0 unspecified atom stereocenters. The van der Waals surface area contributed by atoms with Crippen LogP contribution in [0.15, 0.2) is 11.9 Å². The summed E-state index contributed by atoms with van der Waals surface area (Å²) in [5.41, 5.74) is 0. The molecule has 0 aliphatic carbocycles. The second-order valence-corrected chi connectivity index (χ2v) is 7.03. The smallest absolute Gasteiger partial charge is 0.0378 e. The van der Waals surface area contributed by atoms with Crippen LogP contribution in [0.25, 0.3) is 0 Å².